The van der Waals surface area contributed by atoms with Crippen molar-refractivity contribution in [2.45, 2.75) is 6.92 Å². The van der Waals surface area contributed by atoms with E-state index in [4.69, 9.17) is 10.1 Å². The zero-order valence-corrected chi connectivity index (χ0v) is 17.5. The van der Waals surface area contributed by atoms with E-state index in [1.807, 2.05) is 55.5 Å². The Morgan fingerprint density at radius 1 is 0.848 bits per heavy atom. The molecule has 0 saturated carbocycles. The van der Waals surface area contributed by atoms with Crippen LogP contribution in [0.2, 0.25) is 0 Å². The van der Waals surface area contributed by atoms with Crippen LogP contribution >= 0.6 is 0 Å². The number of ketones is 1. The van der Waals surface area contributed by atoms with E-state index in [0.717, 1.165) is 22.3 Å². The van der Waals surface area contributed by atoms with Crippen LogP contribution in [0.3, 0.4) is 0 Å². The molecule has 1 aliphatic rings. The molecular formula is C26H16N4O3. The second kappa shape index (κ2) is 6.93. The number of hydrogen-bond acceptors (Lipinski definition) is 5. The minimum Gasteiger partial charge on any atom is -0.288 e. The number of rotatable bonds is 3. The fraction of sp³-hybridized carbons (Fsp3) is 0.0385. The molecule has 0 aliphatic heterocycles. The number of hydrogen-bond donors (Lipinski definition) is 0. The van der Waals surface area contributed by atoms with Gasteiger partial charge in [0.25, 0.3) is 5.69 Å². The highest BCUT2D eigenvalue weighted by molar-refractivity contribution is 6.26. The summed E-state index contributed by atoms with van der Waals surface area (Å²) in [6.07, 6.45) is 0. The third-order valence-electron chi connectivity index (χ3n) is 6.01. The molecular weight excluding hydrogens is 416 g/mol. The highest BCUT2D eigenvalue weighted by Gasteiger charge is 2.34. The predicted molar refractivity (Wildman–Crippen MR) is 125 cm³/mol. The Bertz CT molecular complexity index is 1600. The van der Waals surface area contributed by atoms with Gasteiger partial charge in [-0.05, 0) is 36.8 Å². The first-order valence-corrected chi connectivity index (χ1v) is 10.4. The van der Waals surface area contributed by atoms with Gasteiger partial charge in [0.1, 0.15) is 0 Å². The molecule has 158 valence electrons. The maximum Gasteiger partial charge on any atom is 0.269 e. The molecule has 0 N–H and O–H groups in total. The van der Waals surface area contributed by atoms with Gasteiger partial charge in [0.15, 0.2) is 11.4 Å². The molecule has 0 unspecified atom stereocenters. The number of aryl methyl sites for hydroxylation is 1. The van der Waals surface area contributed by atoms with E-state index in [-0.39, 0.29) is 11.5 Å². The zero-order chi connectivity index (χ0) is 22.7. The largest absolute Gasteiger partial charge is 0.288 e. The first-order valence-electron chi connectivity index (χ1n) is 10.4. The summed E-state index contributed by atoms with van der Waals surface area (Å²) in [6.45, 7) is 1.89. The number of benzene rings is 3. The van der Waals surface area contributed by atoms with E-state index < -0.39 is 4.92 Å². The summed E-state index contributed by atoms with van der Waals surface area (Å²) < 4.78 is 1.78. The Labute approximate surface area is 188 Å². The molecule has 0 radical (unpaired) electrons. The van der Waals surface area contributed by atoms with Crippen molar-refractivity contribution in [3.63, 3.8) is 0 Å². The number of aromatic nitrogens is 3. The van der Waals surface area contributed by atoms with Gasteiger partial charge in [0.05, 0.1) is 32.9 Å². The molecule has 0 fully saturated rings. The molecule has 6 rings (SSSR count). The molecule has 1 aliphatic carbocycles. The number of nitrogens with zero attached hydrogens (tertiary/aromatic N) is 4. The number of carbonyl (C=O) groups is 1. The molecule has 2 heterocycles. The lowest BCUT2D eigenvalue weighted by molar-refractivity contribution is -0.384. The van der Waals surface area contributed by atoms with E-state index in [1.54, 1.807) is 22.9 Å². The number of nitro benzene ring substituents is 1. The normalized spacial score (nSPS) is 12.1. The Kier molecular flexibility index (Phi) is 4.00. The van der Waals surface area contributed by atoms with Crippen LogP contribution in [0.1, 0.15) is 21.6 Å². The third kappa shape index (κ3) is 2.72. The molecule has 33 heavy (non-hydrogen) atoms. The summed E-state index contributed by atoms with van der Waals surface area (Å²) in [5, 5.41) is 16.7. The van der Waals surface area contributed by atoms with E-state index in [9.17, 15) is 14.9 Å². The summed E-state index contributed by atoms with van der Waals surface area (Å²) in [5.41, 5.74) is 6.11. The third-order valence-corrected chi connectivity index (χ3v) is 6.01. The summed E-state index contributed by atoms with van der Waals surface area (Å²) in [5.74, 6) is -0.102. The number of para-hydroxylation sites is 1. The van der Waals surface area contributed by atoms with Crippen molar-refractivity contribution in [1.82, 2.24) is 14.8 Å². The minimum absolute atomic E-state index is 0.00740. The highest BCUT2D eigenvalue weighted by atomic mass is 16.6. The maximum atomic E-state index is 13.5. The highest BCUT2D eigenvalue weighted by Crippen LogP contribution is 2.45. The molecule has 0 amide bonds. The van der Waals surface area contributed by atoms with Gasteiger partial charge in [-0.1, -0.05) is 42.5 Å². The van der Waals surface area contributed by atoms with E-state index in [0.29, 0.717) is 33.6 Å². The van der Waals surface area contributed by atoms with Crippen LogP contribution < -0.4 is 0 Å². The number of nitro groups is 1. The second-order valence-corrected chi connectivity index (χ2v) is 7.92. The predicted octanol–water partition coefficient (Wildman–Crippen LogP) is 5.52. The average molecular weight is 432 g/mol. The summed E-state index contributed by atoms with van der Waals surface area (Å²) >= 11 is 0. The minimum atomic E-state index is -0.434. The fourth-order valence-corrected chi connectivity index (χ4v) is 4.54. The number of non-ortho nitro benzene ring substituents is 1. The number of carbonyl (C=O) groups excluding carboxylic acids is 1. The van der Waals surface area contributed by atoms with Crippen molar-refractivity contribution in [2.24, 2.45) is 0 Å². The van der Waals surface area contributed by atoms with Gasteiger partial charge >= 0.3 is 0 Å². The smallest absolute Gasteiger partial charge is 0.269 e. The van der Waals surface area contributed by atoms with Crippen molar-refractivity contribution in [3.8, 4) is 28.1 Å². The van der Waals surface area contributed by atoms with E-state index >= 15 is 0 Å². The fourth-order valence-electron chi connectivity index (χ4n) is 4.54. The van der Waals surface area contributed by atoms with Crippen LogP contribution in [0.25, 0.3) is 39.1 Å². The molecule has 3 aromatic carbocycles. The van der Waals surface area contributed by atoms with Crippen molar-refractivity contribution in [1.29, 1.82) is 0 Å². The van der Waals surface area contributed by atoms with E-state index in [1.165, 1.54) is 12.1 Å². The van der Waals surface area contributed by atoms with Crippen LogP contribution in [0.4, 0.5) is 5.69 Å². The van der Waals surface area contributed by atoms with Crippen molar-refractivity contribution in [2.75, 3.05) is 0 Å². The van der Waals surface area contributed by atoms with Crippen LogP contribution in [0, 0.1) is 17.0 Å². The monoisotopic (exact) mass is 432 g/mol. The zero-order valence-electron chi connectivity index (χ0n) is 17.5. The first-order chi connectivity index (χ1) is 16.0. The maximum absolute atomic E-state index is 13.5. The number of pyridine rings is 1. The average Bonchev–Trinajstić information content (AvgIpc) is 3.33. The molecule has 0 bridgehead atoms. The second-order valence-electron chi connectivity index (χ2n) is 7.92. The molecule has 0 spiro atoms. The van der Waals surface area contributed by atoms with Crippen molar-refractivity contribution in [3.05, 3.63) is 106 Å². The Morgan fingerprint density at radius 3 is 2.21 bits per heavy atom. The quantitative estimate of drug-likeness (QED) is 0.271. The van der Waals surface area contributed by atoms with Crippen molar-refractivity contribution >= 4 is 22.5 Å². The first kappa shape index (κ1) is 19.1. The van der Waals surface area contributed by atoms with Crippen LogP contribution in [-0.2, 0) is 0 Å². The lowest BCUT2D eigenvalue weighted by atomic mass is 9.94. The topological polar surface area (TPSA) is 90.9 Å². The van der Waals surface area contributed by atoms with Crippen LogP contribution in [0.15, 0.2) is 78.9 Å². The van der Waals surface area contributed by atoms with Gasteiger partial charge in [0.2, 0.25) is 0 Å². The Morgan fingerprint density at radius 2 is 1.52 bits per heavy atom. The summed E-state index contributed by atoms with van der Waals surface area (Å²) in [6, 6.07) is 23.4. The van der Waals surface area contributed by atoms with Gasteiger partial charge in [0, 0.05) is 28.8 Å². The molecule has 2 aromatic heterocycles. The molecule has 0 atom stereocenters. The Balaban J connectivity index is 1.74. The SMILES string of the molecule is Cc1nn(-c2ccccc2)c2nc3c(c(-c4ccc([N+](=O)[O-])cc4)c12)C(=O)c1ccccc1-3. The Hall–Kier alpha value is -4.65. The number of fused-ring (bicyclic) bond motifs is 4. The lowest BCUT2D eigenvalue weighted by Crippen LogP contribution is -2.02. The van der Waals surface area contributed by atoms with Crippen molar-refractivity contribution < 1.29 is 9.72 Å². The van der Waals surface area contributed by atoms with Gasteiger partial charge in [-0.2, -0.15) is 5.10 Å². The molecule has 5 aromatic rings. The standard InChI is InChI=1S/C26H16N4O3/c1-15-21-22(16-11-13-18(14-12-16)30(32)33)23-24(19-9-5-6-10-20(19)25(23)31)27-26(21)29(28-15)17-7-3-2-4-8-17/h2-14H,1H3. The molecule has 7 heteroatoms. The van der Waals surface area contributed by atoms with Crippen LogP contribution in [-0.4, -0.2) is 25.5 Å². The van der Waals surface area contributed by atoms with Crippen LogP contribution in [0.5, 0.6) is 0 Å². The molecule has 7 nitrogen and oxygen atoms in total. The molecule has 0 saturated heterocycles. The van der Waals surface area contributed by atoms with Gasteiger partial charge in [-0.3, -0.25) is 14.9 Å². The van der Waals surface area contributed by atoms with E-state index in [2.05, 4.69) is 0 Å². The lowest BCUT2D eigenvalue weighted by Gasteiger charge is -2.11. The van der Waals surface area contributed by atoms with Gasteiger partial charge in [-0.15, -0.1) is 0 Å². The summed E-state index contributed by atoms with van der Waals surface area (Å²) in [4.78, 5) is 29.2. The van der Waals surface area contributed by atoms with Gasteiger partial charge < -0.3 is 0 Å². The van der Waals surface area contributed by atoms with Gasteiger partial charge in [-0.25, -0.2) is 9.67 Å². The summed E-state index contributed by atoms with van der Waals surface area (Å²) in [7, 11) is 0.